The zero-order valence-corrected chi connectivity index (χ0v) is 26.5. The SMILES string of the molecule is Cc1cc(N)c(F)c([C@H]2Cc3nc(OC[C@@H]4CCCN4C)nc(N4CCN(C(=O)C(C)F)[C@H](CC#N)C4)c3C[C@@H]2C)c1C(F)(F)F. The van der Waals surface area contributed by atoms with Gasteiger partial charge in [-0.3, -0.25) is 4.79 Å². The Bertz CT molecular complexity index is 1510. The van der Waals surface area contributed by atoms with E-state index in [0.29, 0.717) is 23.7 Å². The number of nitrogens with zero attached hydrogens (tertiary/aromatic N) is 6. The van der Waals surface area contributed by atoms with Crippen LogP contribution >= 0.6 is 0 Å². The fraction of sp³-hybridized carbons (Fsp3) is 0.625. The lowest BCUT2D eigenvalue weighted by Crippen LogP contribution is -2.57. The minimum absolute atomic E-state index is 0.00591. The van der Waals surface area contributed by atoms with Gasteiger partial charge in [0.05, 0.1) is 35.5 Å². The Balaban J connectivity index is 1.56. The molecule has 0 bridgehead atoms. The smallest absolute Gasteiger partial charge is 0.417 e. The second kappa shape index (κ2) is 13.2. The molecule has 2 saturated heterocycles. The molecule has 0 spiro atoms. The summed E-state index contributed by atoms with van der Waals surface area (Å²) in [5.41, 5.74) is 5.03. The second-order valence-corrected chi connectivity index (χ2v) is 12.8. The molecular formula is C32H40F5N7O2. The van der Waals surface area contributed by atoms with Crippen LogP contribution in [0.25, 0.3) is 0 Å². The molecule has 0 saturated carbocycles. The second-order valence-electron chi connectivity index (χ2n) is 12.8. The average Bonchev–Trinajstić information content (AvgIpc) is 3.40. The van der Waals surface area contributed by atoms with Crippen LogP contribution in [0.2, 0.25) is 0 Å². The topological polar surface area (TPSA) is 112 Å². The Morgan fingerprint density at radius 1 is 1.22 bits per heavy atom. The highest BCUT2D eigenvalue weighted by molar-refractivity contribution is 5.81. The molecule has 1 aromatic heterocycles. The number of carbonyl (C=O) groups excluding carboxylic acids is 1. The van der Waals surface area contributed by atoms with E-state index in [-0.39, 0.29) is 62.2 Å². The largest absolute Gasteiger partial charge is 0.462 e. The molecule has 5 rings (SSSR count). The Labute approximate surface area is 265 Å². The fourth-order valence-corrected chi connectivity index (χ4v) is 7.24. The lowest BCUT2D eigenvalue weighted by molar-refractivity contribution is -0.139. The van der Waals surface area contributed by atoms with Gasteiger partial charge in [-0.25, -0.2) is 8.78 Å². The number of ether oxygens (including phenoxy) is 1. The number of nitriles is 1. The number of piperazine rings is 1. The van der Waals surface area contributed by atoms with Crippen molar-refractivity contribution >= 4 is 17.4 Å². The van der Waals surface area contributed by atoms with Crippen LogP contribution in [0.1, 0.15) is 67.0 Å². The maximum Gasteiger partial charge on any atom is 0.417 e. The van der Waals surface area contributed by atoms with E-state index >= 15 is 4.39 Å². The third kappa shape index (κ3) is 6.56. The van der Waals surface area contributed by atoms with E-state index < -0.39 is 53.1 Å². The van der Waals surface area contributed by atoms with Crippen molar-refractivity contribution in [3.63, 3.8) is 0 Å². The number of aryl methyl sites for hydroxylation is 1. The van der Waals surface area contributed by atoms with Gasteiger partial charge in [0.25, 0.3) is 5.91 Å². The molecular weight excluding hydrogens is 609 g/mol. The number of halogens is 5. The molecule has 0 radical (unpaired) electrons. The lowest BCUT2D eigenvalue weighted by atomic mass is 9.73. The Morgan fingerprint density at radius 2 is 1.96 bits per heavy atom. The molecule has 1 unspecified atom stereocenters. The first-order valence-corrected chi connectivity index (χ1v) is 15.7. The molecule has 46 heavy (non-hydrogen) atoms. The highest BCUT2D eigenvalue weighted by atomic mass is 19.4. The minimum Gasteiger partial charge on any atom is -0.462 e. The molecule has 5 atom stereocenters. The van der Waals surface area contributed by atoms with Crippen molar-refractivity contribution in [3.05, 3.63) is 39.8 Å². The summed E-state index contributed by atoms with van der Waals surface area (Å²) in [5.74, 6) is -2.60. The molecule has 1 aliphatic carbocycles. The van der Waals surface area contributed by atoms with Crippen LogP contribution in [0.3, 0.4) is 0 Å². The first kappa shape index (κ1) is 33.6. The molecule has 3 aliphatic rings. The van der Waals surface area contributed by atoms with Gasteiger partial charge in [0, 0.05) is 36.8 Å². The summed E-state index contributed by atoms with van der Waals surface area (Å²) in [5, 5.41) is 9.49. The summed E-state index contributed by atoms with van der Waals surface area (Å²) in [4.78, 5) is 27.5. The number of fused-ring (bicyclic) bond motifs is 1. The van der Waals surface area contributed by atoms with Crippen molar-refractivity contribution in [2.75, 3.05) is 50.5 Å². The van der Waals surface area contributed by atoms with Gasteiger partial charge in [-0.05, 0) is 76.6 Å². The van der Waals surface area contributed by atoms with Crippen LogP contribution in [-0.4, -0.2) is 83.8 Å². The number of likely N-dealkylation sites (tertiary alicyclic amines) is 1. The van der Waals surface area contributed by atoms with Crippen LogP contribution in [0, 0.1) is 30.0 Å². The maximum absolute atomic E-state index is 15.6. The van der Waals surface area contributed by atoms with Gasteiger partial charge in [-0.15, -0.1) is 0 Å². The quantitative estimate of drug-likeness (QED) is 0.336. The summed E-state index contributed by atoms with van der Waals surface area (Å²) in [7, 11) is 2.00. The number of anilines is 2. The number of likely N-dealkylation sites (N-methyl/N-ethyl adjacent to an activating group) is 1. The minimum atomic E-state index is -4.80. The van der Waals surface area contributed by atoms with E-state index in [1.165, 1.54) is 11.8 Å². The van der Waals surface area contributed by atoms with Crippen molar-refractivity contribution in [2.24, 2.45) is 5.92 Å². The van der Waals surface area contributed by atoms with E-state index in [1.807, 2.05) is 11.9 Å². The van der Waals surface area contributed by atoms with Crippen LogP contribution < -0.4 is 15.4 Å². The third-order valence-electron chi connectivity index (χ3n) is 9.67. The van der Waals surface area contributed by atoms with Crippen molar-refractivity contribution in [1.29, 1.82) is 5.26 Å². The molecule has 1 amide bonds. The Kier molecular flexibility index (Phi) is 9.63. The number of amides is 1. The summed E-state index contributed by atoms with van der Waals surface area (Å²) < 4.78 is 78.7. The van der Waals surface area contributed by atoms with E-state index in [4.69, 9.17) is 15.5 Å². The van der Waals surface area contributed by atoms with Gasteiger partial charge in [-0.2, -0.15) is 28.4 Å². The number of nitrogen functional groups attached to an aromatic ring is 1. The summed E-state index contributed by atoms with van der Waals surface area (Å²) in [6, 6.07) is 2.70. The molecule has 1 aromatic carbocycles. The van der Waals surface area contributed by atoms with Crippen molar-refractivity contribution < 1.29 is 31.5 Å². The summed E-state index contributed by atoms with van der Waals surface area (Å²) in [6.45, 7) is 6.09. The van der Waals surface area contributed by atoms with Crippen LogP contribution in [0.5, 0.6) is 6.01 Å². The Morgan fingerprint density at radius 3 is 2.59 bits per heavy atom. The van der Waals surface area contributed by atoms with Crippen LogP contribution in [0.4, 0.5) is 33.5 Å². The van der Waals surface area contributed by atoms with E-state index in [1.54, 1.807) is 6.92 Å². The molecule has 3 heterocycles. The molecule has 2 aliphatic heterocycles. The predicted molar refractivity (Wildman–Crippen MR) is 162 cm³/mol. The van der Waals surface area contributed by atoms with Gasteiger partial charge in [-0.1, -0.05) is 6.92 Å². The number of rotatable bonds is 7. The average molecular weight is 650 g/mol. The normalized spacial score (nSPS) is 24.4. The number of carbonyl (C=O) groups is 1. The van der Waals surface area contributed by atoms with E-state index in [9.17, 15) is 27.6 Å². The number of hydrogen-bond donors (Lipinski definition) is 1. The van der Waals surface area contributed by atoms with Crippen molar-refractivity contribution in [2.45, 2.75) is 83.2 Å². The molecule has 2 aromatic rings. The number of hydrogen-bond acceptors (Lipinski definition) is 8. The van der Waals surface area contributed by atoms with Crippen molar-refractivity contribution in [1.82, 2.24) is 19.8 Å². The monoisotopic (exact) mass is 649 g/mol. The molecule has 2 N–H and O–H groups in total. The number of aromatic nitrogens is 2. The Hall–Kier alpha value is -3.73. The highest BCUT2D eigenvalue weighted by Gasteiger charge is 2.43. The number of nitrogens with two attached hydrogens (primary N) is 1. The van der Waals surface area contributed by atoms with E-state index in [2.05, 4.69) is 16.0 Å². The first-order valence-electron chi connectivity index (χ1n) is 15.7. The number of alkyl halides is 4. The number of benzene rings is 1. The maximum atomic E-state index is 15.6. The molecule has 250 valence electrons. The van der Waals surface area contributed by atoms with Gasteiger partial charge in [0.2, 0.25) is 0 Å². The predicted octanol–water partition coefficient (Wildman–Crippen LogP) is 4.81. The van der Waals surface area contributed by atoms with Crippen LogP contribution in [0.15, 0.2) is 6.07 Å². The highest BCUT2D eigenvalue weighted by Crippen LogP contribution is 2.47. The lowest BCUT2D eigenvalue weighted by Gasteiger charge is -2.43. The van der Waals surface area contributed by atoms with Crippen LogP contribution in [-0.2, 0) is 23.8 Å². The van der Waals surface area contributed by atoms with Gasteiger partial charge >= 0.3 is 12.2 Å². The molecule has 14 heteroatoms. The first-order chi connectivity index (χ1) is 21.7. The van der Waals surface area contributed by atoms with Gasteiger partial charge < -0.3 is 25.2 Å². The fourth-order valence-electron chi connectivity index (χ4n) is 7.24. The zero-order valence-electron chi connectivity index (χ0n) is 26.5. The summed E-state index contributed by atoms with van der Waals surface area (Å²) in [6.07, 6.45) is -4.34. The van der Waals surface area contributed by atoms with Gasteiger partial charge in [0.15, 0.2) is 6.17 Å². The van der Waals surface area contributed by atoms with Crippen molar-refractivity contribution in [3.8, 4) is 12.1 Å². The zero-order chi connectivity index (χ0) is 33.5. The third-order valence-corrected chi connectivity index (χ3v) is 9.67. The van der Waals surface area contributed by atoms with E-state index in [0.717, 1.165) is 32.4 Å². The summed E-state index contributed by atoms with van der Waals surface area (Å²) >= 11 is 0. The molecule has 9 nitrogen and oxygen atoms in total. The molecule has 2 fully saturated rings. The standard InChI is InChI=1S/C32H40F5N7O2/c1-17-12-23-25(14-22(17)26-27(32(35,36)37)18(2)13-24(39)28(26)34)40-31(46-16-21-6-5-9-42(21)4)41-29(23)43-10-11-44(30(45)19(3)33)20(15-43)7-8-38/h13,17,19-22H,5-7,9-12,14-16,39H2,1-4H3/t17-,19?,20+,21-,22-/m0/s1. The van der Waals surface area contributed by atoms with Gasteiger partial charge in [0.1, 0.15) is 18.2 Å².